The Balaban J connectivity index is 1.88. The summed E-state index contributed by atoms with van der Waals surface area (Å²) in [6, 6.07) is 8.15. The van der Waals surface area contributed by atoms with Crippen molar-refractivity contribution < 1.29 is 0 Å². The smallest absolute Gasteiger partial charge is 0.0705 e. The van der Waals surface area contributed by atoms with Crippen LogP contribution in [0.1, 0.15) is 25.5 Å². The molecule has 3 rings (SSSR count). The summed E-state index contributed by atoms with van der Waals surface area (Å²) in [5.74, 6) is 0. The summed E-state index contributed by atoms with van der Waals surface area (Å²) in [7, 11) is 0. The highest BCUT2D eigenvalue weighted by atomic mass is 35.5. The quantitative estimate of drug-likeness (QED) is 0.837. The van der Waals surface area contributed by atoms with E-state index in [4.69, 9.17) is 11.6 Å². The van der Waals surface area contributed by atoms with Gasteiger partial charge in [0, 0.05) is 28.7 Å². The molecule has 0 unspecified atom stereocenters. The summed E-state index contributed by atoms with van der Waals surface area (Å²) in [5.41, 5.74) is 2.56. The summed E-state index contributed by atoms with van der Waals surface area (Å²) in [6.07, 6.45) is 2.54. The highest BCUT2D eigenvalue weighted by molar-refractivity contribution is 6.36. The monoisotopic (exact) mass is 234 g/mol. The predicted octanol–water partition coefficient (Wildman–Crippen LogP) is 3.46. The van der Waals surface area contributed by atoms with Crippen LogP contribution in [0.25, 0.3) is 10.9 Å². The number of aromatic nitrogens is 1. The van der Waals surface area contributed by atoms with Gasteiger partial charge in [-0.15, -0.1) is 0 Å². The van der Waals surface area contributed by atoms with Gasteiger partial charge in [-0.1, -0.05) is 29.8 Å². The Bertz CT molecular complexity index is 526. The van der Waals surface area contributed by atoms with Gasteiger partial charge in [-0.05, 0) is 25.8 Å². The molecular weight excluding hydrogens is 220 g/mol. The molecule has 0 amide bonds. The number of benzene rings is 1. The number of rotatable bonds is 3. The van der Waals surface area contributed by atoms with Crippen molar-refractivity contribution >= 4 is 22.5 Å². The van der Waals surface area contributed by atoms with E-state index in [1.54, 1.807) is 0 Å². The molecule has 1 aliphatic rings. The second kappa shape index (κ2) is 3.51. The molecule has 1 aromatic heterocycles. The maximum Gasteiger partial charge on any atom is 0.0705 e. The van der Waals surface area contributed by atoms with Crippen LogP contribution < -0.4 is 5.32 Å². The van der Waals surface area contributed by atoms with E-state index in [0.29, 0.717) is 5.54 Å². The molecule has 1 fully saturated rings. The Hall–Kier alpha value is -0.990. The van der Waals surface area contributed by atoms with E-state index < -0.39 is 0 Å². The lowest BCUT2D eigenvalue weighted by Gasteiger charge is -2.09. The van der Waals surface area contributed by atoms with E-state index in [2.05, 4.69) is 29.4 Å². The molecule has 2 aromatic rings. The zero-order valence-electron chi connectivity index (χ0n) is 9.31. The van der Waals surface area contributed by atoms with Gasteiger partial charge in [0.2, 0.25) is 0 Å². The SMILES string of the molecule is CC1(NCc2[nH]c3ccccc3c2Cl)CC1. The van der Waals surface area contributed by atoms with E-state index in [1.165, 1.54) is 12.8 Å². The molecule has 0 spiro atoms. The third-order valence-electron chi connectivity index (χ3n) is 3.41. The molecule has 1 aliphatic carbocycles. The standard InChI is InChI=1S/C13H15ClN2/c1-13(6-7-13)15-8-11-12(14)9-4-2-3-5-10(9)16-11/h2-5,15-16H,6-8H2,1H3. The zero-order valence-corrected chi connectivity index (χ0v) is 10.1. The van der Waals surface area contributed by atoms with Gasteiger partial charge < -0.3 is 10.3 Å². The van der Waals surface area contributed by atoms with Crippen LogP contribution in [0.5, 0.6) is 0 Å². The Labute approximate surface area is 100.0 Å². The van der Waals surface area contributed by atoms with Crippen molar-refractivity contribution in [3.8, 4) is 0 Å². The van der Waals surface area contributed by atoms with Gasteiger partial charge in [0.05, 0.1) is 5.02 Å². The third kappa shape index (κ3) is 1.72. The van der Waals surface area contributed by atoms with E-state index >= 15 is 0 Å². The van der Waals surface area contributed by atoms with E-state index in [9.17, 15) is 0 Å². The first kappa shape index (κ1) is 10.2. The van der Waals surface area contributed by atoms with Crippen LogP contribution in [0, 0.1) is 0 Å². The first-order chi connectivity index (χ1) is 7.68. The topological polar surface area (TPSA) is 27.8 Å². The fourth-order valence-corrected chi connectivity index (χ4v) is 2.23. The van der Waals surface area contributed by atoms with E-state index in [-0.39, 0.29) is 0 Å². The van der Waals surface area contributed by atoms with Gasteiger partial charge in [0.15, 0.2) is 0 Å². The third-order valence-corrected chi connectivity index (χ3v) is 3.84. The molecule has 84 valence electrons. The minimum atomic E-state index is 0.348. The number of fused-ring (bicyclic) bond motifs is 1. The molecule has 2 N–H and O–H groups in total. The largest absolute Gasteiger partial charge is 0.356 e. The first-order valence-corrected chi connectivity index (χ1v) is 6.06. The molecule has 3 heteroatoms. The highest BCUT2D eigenvalue weighted by Crippen LogP contribution is 2.35. The van der Waals surface area contributed by atoms with Crippen LogP contribution in [0.15, 0.2) is 24.3 Å². The fourth-order valence-electron chi connectivity index (χ4n) is 1.95. The van der Waals surface area contributed by atoms with Gasteiger partial charge in [0.25, 0.3) is 0 Å². The first-order valence-electron chi connectivity index (χ1n) is 5.68. The van der Waals surface area contributed by atoms with E-state index in [0.717, 1.165) is 28.2 Å². The Kier molecular flexibility index (Phi) is 2.23. The van der Waals surface area contributed by atoms with Crippen LogP contribution >= 0.6 is 11.6 Å². The number of halogens is 1. The average Bonchev–Trinajstić information content (AvgIpc) is 2.94. The lowest BCUT2D eigenvalue weighted by molar-refractivity contribution is 0.533. The normalized spacial score (nSPS) is 17.9. The molecule has 16 heavy (non-hydrogen) atoms. The van der Waals surface area contributed by atoms with Gasteiger partial charge in [-0.2, -0.15) is 0 Å². The summed E-state index contributed by atoms with van der Waals surface area (Å²) in [6.45, 7) is 3.08. The van der Waals surface area contributed by atoms with E-state index in [1.807, 2.05) is 12.1 Å². The van der Waals surface area contributed by atoms with Crippen LogP contribution in [0.2, 0.25) is 5.02 Å². The van der Waals surface area contributed by atoms with Gasteiger partial charge in [-0.25, -0.2) is 0 Å². The number of hydrogen-bond donors (Lipinski definition) is 2. The molecule has 0 atom stereocenters. The van der Waals surface area contributed by atoms with Crippen LogP contribution in [0.4, 0.5) is 0 Å². The Morgan fingerprint density at radius 1 is 1.38 bits per heavy atom. The summed E-state index contributed by atoms with van der Waals surface area (Å²) < 4.78 is 0. The van der Waals surface area contributed by atoms with Crippen molar-refractivity contribution in [2.24, 2.45) is 0 Å². The molecule has 0 bridgehead atoms. The maximum absolute atomic E-state index is 6.34. The van der Waals surface area contributed by atoms with Crippen molar-refractivity contribution in [3.05, 3.63) is 35.0 Å². The van der Waals surface area contributed by atoms with Crippen molar-refractivity contribution in [2.45, 2.75) is 31.8 Å². The molecular formula is C13H15ClN2. The zero-order chi connectivity index (χ0) is 11.2. The van der Waals surface area contributed by atoms with Crippen molar-refractivity contribution in [2.75, 3.05) is 0 Å². The number of H-pyrrole nitrogens is 1. The van der Waals surface area contributed by atoms with Gasteiger partial charge >= 0.3 is 0 Å². The fraction of sp³-hybridized carbons (Fsp3) is 0.385. The Morgan fingerprint density at radius 2 is 2.12 bits per heavy atom. The number of hydrogen-bond acceptors (Lipinski definition) is 1. The summed E-state index contributed by atoms with van der Waals surface area (Å²) >= 11 is 6.34. The average molecular weight is 235 g/mol. The number of nitrogens with one attached hydrogen (secondary N) is 2. The Morgan fingerprint density at radius 3 is 2.81 bits per heavy atom. The second-order valence-electron chi connectivity index (χ2n) is 4.88. The number of para-hydroxylation sites is 1. The lowest BCUT2D eigenvalue weighted by atomic mass is 10.2. The maximum atomic E-state index is 6.34. The van der Waals surface area contributed by atoms with Gasteiger partial charge in [0.1, 0.15) is 0 Å². The summed E-state index contributed by atoms with van der Waals surface area (Å²) in [4.78, 5) is 3.37. The van der Waals surface area contributed by atoms with Crippen molar-refractivity contribution in [3.63, 3.8) is 0 Å². The molecule has 1 heterocycles. The second-order valence-corrected chi connectivity index (χ2v) is 5.26. The lowest BCUT2D eigenvalue weighted by Crippen LogP contribution is -2.27. The molecule has 1 aromatic carbocycles. The molecule has 0 saturated heterocycles. The minimum Gasteiger partial charge on any atom is -0.356 e. The van der Waals surface area contributed by atoms with Crippen LogP contribution in [-0.4, -0.2) is 10.5 Å². The molecule has 0 radical (unpaired) electrons. The molecule has 1 saturated carbocycles. The molecule has 0 aliphatic heterocycles. The predicted molar refractivity (Wildman–Crippen MR) is 67.8 cm³/mol. The molecule has 2 nitrogen and oxygen atoms in total. The van der Waals surface area contributed by atoms with Gasteiger partial charge in [-0.3, -0.25) is 0 Å². The van der Waals surface area contributed by atoms with Crippen molar-refractivity contribution in [1.82, 2.24) is 10.3 Å². The highest BCUT2D eigenvalue weighted by Gasteiger charge is 2.36. The van der Waals surface area contributed by atoms with Crippen molar-refractivity contribution in [1.29, 1.82) is 0 Å². The minimum absolute atomic E-state index is 0.348. The number of aromatic amines is 1. The van der Waals surface area contributed by atoms with Crippen LogP contribution in [-0.2, 0) is 6.54 Å². The van der Waals surface area contributed by atoms with Crippen LogP contribution in [0.3, 0.4) is 0 Å². The summed E-state index contributed by atoms with van der Waals surface area (Å²) in [5, 5.41) is 5.50.